The van der Waals surface area contributed by atoms with Crippen LogP contribution in [0.4, 0.5) is 0 Å². The Hall–Kier alpha value is -0.240. The summed E-state index contributed by atoms with van der Waals surface area (Å²) in [7, 11) is 2.78. The normalized spacial score (nSPS) is 43.9. The first-order valence-electron chi connectivity index (χ1n) is 4.33. The van der Waals surface area contributed by atoms with Crippen molar-refractivity contribution in [2.24, 2.45) is 0 Å². The fourth-order valence-electron chi connectivity index (χ4n) is 1.50. The number of rotatable bonds is 3. The molecule has 1 aliphatic heterocycles. The molecule has 84 valence electrons. The predicted octanol–water partition coefficient (Wildman–Crippen LogP) is -1.91. The van der Waals surface area contributed by atoms with Crippen LogP contribution in [0.15, 0.2) is 0 Å². The van der Waals surface area contributed by atoms with Gasteiger partial charge in [0.25, 0.3) is 0 Å². The third-order valence-corrected chi connectivity index (χ3v) is 2.33. The molecule has 1 rings (SSSR count). The van der Waals surface area contributed by atoms with E-state index < -0.39 is 30.7 Å². The maximum atomic E-state index is 9.59. The van der Waals surface area contributed by atoms with Crippen molar-refractivity contribution >= 4 is 0 Å². The SMILES string of the molecule is COC1[C@@H](OC)OC(CO)[C@@H](O)[C@@H]1O. The lowest BCUT2D eigenvalue weighted by Crippen LogP contribution is -2.59. The smallest absolute Gasteiger partial charge is 0.186 e. The second-order valence-electron chi connectivity index (χ2n) is 3.14. The van der Waals surface area contributed by atoms with Gasteiger partial charge in [-0.05, 0) is 0 Å². The minimum atomic E-state index is -1.17. The number of aliphatic hydroxyl groups excluding tert-OH is 3. The molecule has 1 fully saturated rings. The van der Waals surface area contributed by atoms with Crippen molar-refractivity contribution in [1.82, 2.24) is 0 Å². The lowest BCUT2D eigenvalue weighted by atomic mass is 9.99. The van der Waals surface area contributed by atoms with Crippen LogP contribution in [0.25, 0.3) is 0 Å². The van der Waals surface area contributed by atoms with E-state index in [0.717, 1.165) is 0 Å². The van der Waals surface area contributed by atoms with E-state index in [0.29, 0.717) is 0 Å². The Morgan fingerprint density at radius 2 is 1.79 bits per heavy atom. The highest BCUT2D eigenvalue weighted by Gasteiger charge is 2.44. The highest BCUT2D eigenvalue weighted by molar-refractivity contribution is 4.89. The second-order valence-corrected chi connectivity index (χ2v) is 3.14. The second kappa shape index (κ2) is 5.01. The number of ether oxygens (including phenoxy) is 3. The highest BCUT2D eigenvalue weighted by Crippen LogP contribution is 2.23. The molecule has 0 aromatic carbocycles. The topological polar surface area (TPSA) is 88.4 Å². The molecule has 6 heteroatoms. The molecule has 3 N–H and O–H groups in total. The largest absolute Gasteiger partial charge is 0.394 e. The van der Waals surface area contributed by atoms with E-state index in [1.807, 2.05) is 0 Å². The van der Waals surface area contributed by atoms with Crippen LogP contribution in [0.2, 0.25) is 0 Å². The minimum Gasteiger partial charge on any atom is -0.394 e. The molecule has 0 saturated carbocycles. The Balaban J connectivity index is 2.71. The van der Waals surface area contributed by atoms with E-state index in [1.54, 1.807) is 0 Å². The summed E-state index contributed by atoms with van der Waals surface area (Å²) in [5.41, 5.74) is 0. The fourth-order valence-corrected chi connectivity index (χ4v) is 1.50. The first kappa shape index (κ1) is 11.8. The molecule has 0 aliphatic carbocycles. The van der Waals surface area contributed by atoms with Crippen molar-refractivity contribution in [1.29, 1.82) is 0 Å². The first-order chi connectivity index (χ1) is 6.65. The molecule has 0 radical (unpaired) electrons. The van der Waals surface area contributed by atoms with Crippen LogP contribution in [-0.4, -0.2) is 66.9 Å². The highest BCUT2D eigenvalue weighted by atomic mass is 16.7. The van der Waals surface area contributed by atoms with Gasteiger partial charge in [-0.2, -0.15) is 0 Å². The van der Waals surface area contributed by atoms with E-state index in [1.165, 1.54) is 14.2 Å². The van der Waals surface area contributed by atoms with E-state index >= 15 is 0 Å². The lowest BCUT2D eigenvalue weighted by molar-refractivity contribution is -0.299. The van der Waals surface area contributed by atoms with Crippen LogP contribution < -0.4 is 0 Å². The number of hydrogen-bond acceptors (Lipinski definition) is 6. The minimum absolute atomic E-state index is 0.380. The van der Waals surface area contributed by atoms with E-state index in [4.69, 9.17) is 19.3 Å². The van der Waals surface area contributed by atoms with Gasteiger partial charge in [0.15, 0.2) is 6.29 Å². The van der Waals surface area contributed by atoms with Crippen molar-refractivity contribution in [3.63, 3.8) is 0 Å². The number of methoxy groups -OCH3 is 2. The third kappa shape index (κ3) is 2.05. The van der Waals surface area contributed by atoms with Gasteiger partial charge in [0, 0.05) is 14.2 Å². The first-order valence-corrected chi connectivity index (χ1v) is 4.33. The van der Waals surface area contributed by atoms with Crippen LogP contribution in [0, 0.1) is 0 Å². The average molecular weight is 208 g/mol. The third-order valence-electron chi connectivity index (χ3n) is 2.33. The monoisotopic (exact) mass is 208 g/mol. The fraction of sp³-hybridized carbons (Fsp3) is 1.00. The van der Waals surface area contributed by atoms with Crippen molar-refractivity contribution in [3.8, 4) is 0 Å². The van der Waals surface area contributed by atoms with Gasteiger partial charge in [0.05, 0.1) is 6.61 Å². The molecule has 1 saturated heterocycles. The van der Waals surface area contributed by atoms with E-state index in [9.17, 15) is 10.2 Å². The van der Waals surface area contributed by atoms with E-state index in [-0.39, 0.29) is 6.61 Å². The van der Waals surface area contributed by atoms with Crippen molar-refractivity contribution < 1.29 is 29.5 Å². The standard InChI is InChI=1S/C8H16O6/c1-12-7-6(11)5(10)4(3-9)14-8(7)13-2/h4-11H,3H2,1-2H3/t4?,5-,6+,7?,8+/m1/s1. The molecule has 0 amide bonds. The van der Waals surface area contributed by atoms with Gasteiger partial charge < -0.3 is 29.5 Å². The van der Waals surface area contributed by atoms with Crippen LogP contribution in [-0.2, 0) is 14.2 Å². The zero-order chi connectivity index (χ0) is 10.7. The van der Waals surface area contributed by atoms with Gasteiger partial charge in [-0.3, -0.25) is 0 Å². The Labute approximate surface area is 82.0 Å². The van der Waals surface area contributed by atoms with Gasteiger partial charge in [-0.1, -0.05) is 0 Å². The molecule has 0 aromatic rings. The maximum Gasteiger partial charge on any atom is 0.186 e. The zero-order valence-corrected chi connectivity index (χ0v) is 8.16. The van der Waals surface area contributed by atoms with Gasteiger partial charge in [-0.25, -0.2) is 0 Å². The summed E-state index contributed by atoms with van der Waals surface area (Å²) in [5, 5.41) is 27.9. The summed E-state index contributed by atoms with van der Waals surface area (Å²) >= 11 is 0. The summed E-state index contributed by atoms with van der Waals surface area (Å²) in [5.74, 6) is 0. The van der Waals surface area contributed by atoms with Crippen LogP contribution in [0.3, 0.4) is 0 Å². The summed E-state index contributed by atoms with van der Waals surface area (Å²) in [6, 6.07) is 0. The molecule has 1 aliphatic rings. The molecule has 1 heterocycles. The Morgan fingerprint density at radius 1 is 1.14 bits per heavy atom. The molecule has 0 spiro atoms. The molecule has 0 bridgehead atoms. The number of hydrogen-bond donors (Lipinski definition) is 3. The van der Waals surface area contributed by atoms with Crippen LogP contribution >= 0.6 is 0 Å². The average Bonchev–Trinajstić information content (AvgIpc) is 2.21. The molecule has 2 unspecified atom stereocenters. The summed E-state index contributed by atoms with van der Waals surface area (Å²) < 4.78 is 15.0. The van der Waals surface area contributed by atoms with Crippen molar-refractivity contribution in [2.45, 2.75) is 30.7 Å². The Bertz CT molecular complexity index is 173. The van der Waals surface area contributed by atoms with Crippen molar-refractivity contribution in [3.05, 3.63) is 0 Å². The molecule has 14 heavy (non-hydrogen) atoms. The quantitative estimate of drug-likeness (QED) is 0.501. The molecule has 6 nitrogen and oxygen atoms in total. The number of aliphatic hydroxyl groups is 3. The molecular weight excluding hydrogens is 192 g/mol. The van der Waals surface area contributed by atoms with Gasteiger partial charge in [0.2, 0.25) is 0 Å². The van der Waals surface area contributed by atoms with Crippen LogP contribution in [0.1, 0.15) is 0 Å². The zero-order valence-electron chi connectivity index (χ0n) is 8.16. The Morgan fingerprint density at radius 3 is 2.21 bits per heavy atom. The maximum absolute atomic E-state index is 9.59. The summed E-state index contributed by atoms with van der Waals surface area (Å²) in [4.78, 5) is 0. The summed E-state index contributed by atoms with van der Waals surface area (Å²) in [6.45, 7) is -0.380. The van der Waals surface area contributed by atoms with Gasteiger partial charge >= 0.3 is 0 Å². The van der Waals surface area contributed by atoms with Gasteiger partial charge in [-0.15, -0.1) is 0 Å². The summed E-state index contributed by atoms with van der Waals surface area (Å²) in [6.07, 6.45) is -4.68. The van der Waals surface area contributed by atoms with Crippen LogP contribution in [0.5, 0.6) is 0 Å². The lowest BCUT2D eigenvalue weighted by Gasteiger charge is -2.40. The predicted molar refractivity (Wildman–Crippen MR) is 45.6 cm³/mol. The van der Waals surface area contributed by atoms with Gasteiger partial charge in [0.1, 0.15) is 24.4 Å². The van der Waals surface area contributed by atoms with Crippen molar-refractivity contribution in [2.75, 3.05) is 20.8 Å². The molecule has 5 atom stereocenters. The molecular formula is C8H16O6. The van der Waals surface area contributed by atoms with E-state index in [2.05, 4.69) is 0 Å². The Kier molecular flexibility index (Phi) is 4.24. The molecule has 0 aromatic heterocycles.